The molecule has 1 atom stereocenters. The molecule has 0 bridgehead atoms. The topological polar surface area (TPSA) is 57.6 Å². The lowest BCUT2D eigenvalue weighted by Crippen LogP contribution is -2.47. The van der Waals surface area contributed by atoms with Crippen molar-refractivity contribution in [3.63, 3.8) is 0 Å². The smallest absolute Gasteiger partial charge is 0.406 e. The molecular weight excluding hydrogens is 311 g/mol. The average molecular weight is 335 g/mol. The molecule has 0 radical (unpaired) electrons. The van der Waals surface area contributed by atoms with Crippen LogP contribution in [0.3, 0.4) is 0 Å². The molecule has 1 unspecified atom stereocenters. The quantitative estimate of drug-likeness (QED) is 0.859. The number of carbonyl (C=O) groups excluding carboxylic acids is 1. The van der Waals surface area contributed by atoms with Crippen LogP contribution in [-0.2, 0) is 9.59 Å². The van der Waals surface area contributed by atoms with Gasteiger partial charge >= 0.3 is 12.1 Å². The van der Waals surface area contributed by atoms with E-state index in [2.05, 4.69) is 13.8 Å². The molecule has 23 heavy (non-hydrogen) atoms. The van der Waals surface area contributed by atoms with Crippen LogP contribution in [0.1, 0.15) is 52.4 Å². The summed E-state index contributed by atoms with van der Waals surface area (Å²) in [6.45, 7) is 3.46. The molecular formula is C16H24F3NO3. The highest BCUT2D eigenvalue weighted by atomic mass is 19.4. The molecule has 4 nitrogen and oxygen atoms in total. The van der Waals surface area contributed by atoms with Gasteiger partial charge in [0.15, 0.2) is 5.41 Å². The molecule has 1 N–H and O–H groups in total. The van der Waals surface area contributed by atoms with Crippen molar-refractivity contribution in [1.82, 2.24) is 4.90 Å². The molecule has 1 heterocycles. The van der Waals surface area contributed by atoms with E-state index in [4.69, 9.17) is 5.11 Å². The van der Waals surface area contributed by atoms with Gasteiger partial charge in [0.05, 0.1) is 0 Å². The first kappa shape index (κ1) is 18.1. The molecule has 1 amide bonds. The molecule has 1 aliphatic carbocycles. The minimum atomic E-state index is -4.84. The molecule has 7 heteroatoms. The first-order valence-electron chi connectivity index (χ1n) is 8.05. The predicted octanol–water partition coefficient (Wildman–Crippen LogP) is 3.46. The van der Waals surface area contributed by atoms with Gasteiger partial charge in [0.2, 0.25) is 5.91 Å². The molecule has 1 aliphatic heterocycles. The second kappa shape index (κ2) is 5.98. The van der Waals surface area contributed by atoms with Gasteiger partial charge in [-0.3, -0.25) is 9.59 Å². The number of nitrogens with zero attached hydrogens (tertiary/aromatic N) is 1. The predicted molar refractivity (Wildman–Crippen MR) is 77.7 cm³/mol. The highest BCUT2D eigenvalue weighted by Crippen LogP contribution is 2.46. The summed E-state index contributed by atoms with van der Waals surface area (Å²) < 4.78 is 39.4. The summed E-state index contributed by atoms with van der Waals surface area (Å²) in [5, 5.41) is 9.02. The maximum absolute atomic E-state index is 13.1. The van der Waals surface area contributed by atoms with E-state index in [1.54, 1.807) is 0 Å². The Balaban J connectivity index is 1.96. The van der Waals surface area contributed by atoms with Crippen LogP contribution in [0.5, 0.6) is 0 Å². The third-order valence-corrected chi connectivity index (χ3v) is 5.50. The molecule has 0 aromatic heterocycles. The molecule has 0 spiro atoms. The minimum absolute atomic E-state index is 0.136. The second-order valence-corrected chi connectivity index (χ2v) is 7.76. The lowest BCUT2D eigenvalue weighted by atomic mass is 9.72. The molecule has 1 saturated carbocycles. The number of hydrogen-bond acceptors (Lipinski definition) is 2. The number of carboxylic acids is 1. The zero-order chi connectivity index (χ0) is 17.5. The summed E-state index contributed by atoms with van der Waals surface area (Å²) in [7, 11) is 0. The Morgan fingerprint density at radius 2 is 1.74 bits per heavy atom. The van der Waals surface area contributed by atoms with E-state index < -0.39 is 30.5 Å². The van der Waals surface area contributed by atoms with E-state index in [9.17, 15) is 22.8 Å². The van der Waals surface area contributed by atoms with E-state index in [-0.39, 0.29) is 30.2 Å². The number of alkyl halides is 3. The van der Waals surface area contributed by atoms with Gasteiger partial charge in [-0.1, -0.05) is 13.8 Å². The molecule has 2 fully saturated rings. The number of carboxylic acid groups (broad SMARTS) is 1. The van der Waals surface area contributed by atoms with Crippen LogP contribution in [0.4, 0.5) is 13.2 Å². The fourth-order valence-corrected chi connectivity index (χ4v) is 3.59. The summed E-state index contributed by atoms with van der Waals surface area (Å²) >= 11 is 0. The molecule has 2 aliphatic rings. The van der Waals surface area contributed by atoms with Crippen LogP contribution >= 0.6 is 0 Å². The summed E-state index contributed by atoms with van der Waals surface area (Å²) in [5.74, 6) is -2.04. The number of aliphatic carboxylic acids is 1. The van der Waals surface area contributed by atoms with E-state index in [1.165, 1.54) is 0 Å². The van der Waals surface area contributed by atoms with Gasteiger partial charge in [-0.05, 0) is 43.4 Å². The standard InChI is InChI=1S/C16H24F3NO3/c1-14(2)5-3-11(4-6-14)9-12(21)20-8-7-15(10-20,13(22)23)16(17,18)19/h11H,3-10H2,1-2H3,(H,22,23). The monoisotopic (exact) mass is 335 g/mol. The Bertz CT molecular complexity index is 479. The number of amides is 1. The number of halogens is 3. The zero-order valence-corrected chi connectivity index (χ0v) is 13.6. The fourth-order valence-electron chi connectivity index (χ4n) is 3.59. The van der Waals surface area contributed by atoms with Gasteiger partial charge in [-0.2, -0.15) is 13.2 Å². The largest absolute Gasteiger partial charge is 0.481 e. The van der Waals surface area contributed by atoms with Crippen molar-refractivity contribution >= 4 is 11.9 Å². The number of carbonyl (C=O) groups is 2. The zero-order valence-electron chi connectivity index (χ0n) is 13.6. The first-order valence-corrected chi connectivity index (χ1v) is 8.05. The third-order valence-electron chi connectivity index (χ3n) is 5.50. The van der Waals surface area contributed by atoms with E-state index in [0.717, 1.165) is 30.6 Å². The number of hydrogen-bond donors (Lipinski definition) is 1. The van der Waals surface area contributed by atoms with Crippen molar-refractivity contribution < 1.29 is 27.9 Å². The first-order chi connectivity index (χ1) is 10.5. The van der Waals surface area contributed by atoms with Crippen molar-refractivity contribution in [2.45, 2.75) is 58.5 Å². The molecule has 0 aromatic rings. The van der Waals surface area contributed by atoms with E-state index >= 15 is 0 Å². The molecule has 0 aromatic carbocycles. The average Bonchev–Trinajstić information content (AvgIpc) is 2.87. The lowest BCUT2D eigenvalue weighted by Gasteiger charge is -2.34. The second-order valence-electron chi connectivity index (χ2n) is 7.76. The highest BCUT2D eigenvalue weighted by molar-refractivity contribution is 5.81. The van der Waals surface area contributed by atoms with Gasteiger partial charge in [-0.15, -0.1) is 0 Å². The third kappa shape index (κ3) is 3.63. The SMILES string of the molecule is CC1(C)CCC(CC(=O)N2CCC(C(=O)O)(C(F)(F)F)C2)CC1. The molecule has 1 saturated heterocycles. The van der Waals surface area contributed by atoms with Gasteiger partial charge < -0.3 is 10.0 Å². The maximum Gasteiger partial charge on any atom is 0.406 e. The number of likely N-dealkylation sites (tertiary alicyclic amines) is 1. The van der Waals surface area contributed by atoms with Crippen molar-refractivity contribution in [3.05, 3.63) is 0 Å². The summed E-state index contributed by atoms with van der Waals surface area (Å²) in [5.41, 5.74) is -2.54. The van der Waals surface area contributed by atoms with Crippen molar-refractivity contribution in [1.29, 1.82) is 0 Å². The molecule has 2 rings (SSSR count). The number of rotatable bonds is 3. The van der Waals surface area contributed by atoms with Crippen LogP contribution < -0.4 is 0 Å². The van der Waals surface area contributed by atoms with Crippen LogP contribution in [-0.4, -0.2) is 41.1 Å². The lowest BCUT2D eigenvalue weighted by molar-refractivity contribution is -0.227. The summed E-state index contributed by atoms with van der Waals surface area (Å²) in [6, 6.07) is 0. The van der Waals surface area contributed by atoms with Crippen molar-refractivity contribution in [2.24, 2.45) is 16.7 Å². The van der Waals surface area contributed by atoms with Crippen molar-refractivity contribution in [3.8, 4) is 0 Å². The normalized spacial score (nSPS) is 28.8. The van der Waals surface area contributed by atoms with Crippen LogP contribution in [0.25, 0.3) is 0 Å². The highest BCUT2D eigenvalue weighted by Gasteiger charge is 2.64. The van der Waals surface area contributed by atoms with Crippen LogP contribution in [0.15, 0.2) is 0 Å². The van der Waals surface area contributed by atoms with E-state index in [0.29, 0.717) is 0 Å². The van der Waals surface area contributed by atoms with Gasteiger partial charge in [-0.25, -0.2) is 0 Å². The van der Waals surface area contributed by atoms with E-state index in [1.807, 2.05) is 0 Å². The summed E-state index contributed by atoms with van der Waals surface area (Å²) in [4.78, 5) is 24.5. The Morgan fingerprint density at radius 1 is 1.17 bits per heavy atom. The Labute approximate surface area is 134 Å². The Hall–Kier alpha value is -1.27. The summed E-state index contributed by atoms with van der Waals surface area (Å²) in [6.07, 6.45) is -1.37. The van der Waals surface area contributed by atoms with Gasteiger partial charge in [0.25, 0.3) is 0 Å². The van der Waals surface area contributed by atoms with Gasteiger partial charge in [0, 0.05) is 19.5 Å². The minimum Gasteiger partial charge on any atom is -0.481 e. The van der Waals surface area contributed by atoms with Crippen LogP contribution in [0, 0.1) is 16.7 Å². The Kier molecular flexibility index (Phi) is 4.70. The fraction of sp³-hybridized carbons (Fsp3) is 0.875. The Morgan fingerprint density at radius 3 is 2.17 bits per heavy atom. The molecule has 132 valence electrons. The van der Waals surface area contributed by atoms with Crippen LogP contribution in [0.2, 0.25) is 0 Å². The van der Waals surface area contributed by atoms with Gasteiger partial charge in [0.1, 0.15) is 0 Å². The van der Waals surface area contributed by atoms with Crippen molar-refractivity contribution in [2.75, 3.05) is 13.1 Å². The maximum atomic E-state index is 13.1.